The van der Waals surface area contributed by atoms with Gasteiger partial charge in [-0.15, -0.1) is 0 Å². The Hall–Kier alpha value is -1.10. The van der Waals surface area contributed by atoms with E-state index in [1.54, 1.807) is 19.1 Å². The molecule has 0 atom stereocenters. The van der Waals surface area contributed by atoms with Crippen LogP contribution in [0.3, 0.4) is 0 Å². The second kappa shape index (κ2) is 8.08. The molecular weight excluding hydrogens is 232 g/mol. The van der Waals surface area contributed by atoms with Crippen LogP contribution in [-0.4, -0.2) is 50.6 Å². The zero-order chi connectivity index (χ0) is 13.4. The lowest BCUT2D eigenvalue weighted by molar-refractivity contribution is -0.137. The van der Waals surface area contributed by atoms with Gasteiger partial charge in [-0.25, -0.2) is 0 Å². The van der Waals surface area contributed by atoms with Gasteiger partial charge in [0.2, 0.25) is 11.8 Å². The van der Waals surface area contributed by atoms with Crippen LogP contribution < -0.4 is 5.32 Å². The minimum atomic E-state index is -0.0973. The third-order valence-electron chi connectivity index (χ3n) is 3.31. The van der Waals surface area contributed by atoms with E-state index in [1.807, 2.05) is 0 Å². The van der Waals surface area contributed by atoms with Gasteiger partial charge in [-0.1, -0.05) is 12.8 Å². The number of methoxy groups -OCH3 is 1. The Morgan fingerprint density at radius 2 is 2.00 bits per heavy atom. The van der Waals surface area contributed by atoms with Crippen molar-refractivity contribution in [3.63, 3.8) is 0 Å². The maximum Gasteiger partial charge on any atom is 0.239 e. The van der Waals surface area contributed by atoms with Crippen LogP contribution in [0.1, 0.15) is 32.1 Å². The van der Waals surface area contributed by atoms with Crippen LogP contribution in [0.15, 0.2) is 0 Å². The summed E-state index contributed by atoms with van der Waals surface area (Å²) in [4.78, 5) is 25.1. The average molecular weight is 256 g/mol. The highest BCUT2D eigenvalue weighted by atomic mass is 16.5. The Kier molecular flexibility index (Phi) is 6.72. The molecule has 18 heavy (non-hydrogen) atoms. The van der Waals surface area contributed by atoms with E-state index in [1.165, 1.54) is 0 Å². The van der Waals surface area contributed by atoms with Gasteiger partial charge in [0.25, 0.3) is 0 Å². The zero-order valence-corrected chi connectivity index (χ0v) is 11.4. The number of nitrogens with zero attached hydrogens (tertiary/aromatic N) is 1. The predicted molar refractivity (Wildman–Crippen MR) is 69.1 cm³/mol. The van der Waals surface area contributed by atoms with E-state index in [9.17, 15) is 9.59 Å². The van der Waals surface area contributed by atoms with Crippen LogP contribution in [0.4, 0.5) is 0 Å². The molecule has 0 bridgehead atoms. The van der Waals surface area contributed by atoms with E-state index in [4.69, 9.17) is 4.74 Å². The SMILES string of the molecule is COCCCNC(=O)CN(C)C(=O)C1CCCC1. The molecule has 104 valence electrons. The molecule has 1 fully saturated rings. The van der Waals surface area contributed by atoms with Crippen LogP contribution in [0.2, 0.25) is 0 Å². The van der Waals surface area contributed by atoms with Crippen molar-refractivity contribution in [3.8, 4) is 0 Å². The molecule has 0 radical (unpaired) electrons. The fraction of sp³-hybridized carbons (Fsp3) is 0.846. The van der Waals surface area contributed by atoms with Crippen molar-refractivity contribution in [2.45, 2.75) is 32.1 Å². The summed E-state index contributed by atoms with van der Waals surface area (Å²) in [6, 6.07) is 0. The molecular formula is C13H24N2O3. The summed E-state index contributed by atoms with van der Waals surface area (Å²) < 4.78 is 4.89. The molecule has 0 spiro atoms. The number of amides is 2. The number of carbonyl (C=O) groups is 2. The molecule has 1 saturated carbocycles. The number of nitrogens with one attached hydrogen (secondary N) is 1. The molecule has 0 heterocycles. The minimum absolute atomic E-state index is 0.0973. The fourth-order valence-electron chi connectivity index (χ4n) is 2.28. The van der Waals surface area contributed by atoms with Gasteiger partial charge in [0, 0.05) is 33.2 Å². The number of rotatable bonds is 7. The van der Waals surface area contributed by atoms with Gasteiger partial charge in [0.1, 0.15) is 0 Å². The molecule has 0 aromatic carbocycles. The van der Waals surface area contributed by atoms with E-state index < -0.39 is 0 Å². The number of ether oxygens (including phenoxy) is 1. The molecule has 1 aliphatic carbocycles. The fourth-order valence-corrected chi connectivity index (χ4v) is 2.28. The van der Waals surface area contributed by atoms with E-state index >= 15 is 0 Å². The lowest BCUT2D eigenvalue weighted by Crippen LogP contribution is -2.40. The van der Waals surface area contributed by atoms with Gasteiger partial charge in [-0.05, 0) is 19.3 Å². The van der Waals surface area contributed by atoms with Crippen molar-refractivity contribution in [1.29, 1.82) is 0 Å². The summed E-state index contributed by atoms with van der Waals surface area (Å²) >= 11 is 0. The monoisotopic (exact) mass is 256 g/mol. The second-order valence-electron chi connectivity index (χ2n) is 4.87. The van der Waals surface area contributed by atoms with Crippen molar-refractivity contribution in [1.82, 2.24) is 10.2 Å². The van der Waals surface area contributed by atoms with Crippen molar-refractivity contribution in [2.24, 2.45) is 5.92 Å². The molecule has 0 unspecified atom stereocenters. The Morgan fingerprint density at radius 1 is 1.33 bits per heavy atom. The molecule has 5 nitrogen and oxygen atoms in total. The first-order chi connectivity index (χ1) is 8.65. The first-order valence-electron chi connectivity index (χ1n) is 6.65. The molecule has 5 heteroatoms. The number of likely N-dealkylation sites (N-methyl/N-ethyl adjacent to an activating group) is 1. The molecule has 2 amide bonds. The third-order valence-corrected chi connectivity index (χ3v) is 3.31. The van der Waals surface area contributed by atoms with Crippen molar-refractivity contribution < 1.29 is 14.3 Å². The summed E-state index contributed by atoms with van der Waals surface area (Å²) in [6.45, 7) is 1.39. The Balaban J connectivity index is 2.19. The van der Waals surface area contributed by atoms with Crippen LogP contribution in [-0.2, 0) is 14.3 Å². The summed E-state index contributed by atoms with van der Waals surface area (Å²) in [5.74, 6) is 0.149. The summed E-state index contributed by atoms with van der Waals surface area (Å²) in [5.41, 5.74) is 0. The molecule has 0 saturated heterocycles. The van der Waals surface area contributed by atoms with Crippen LogP contribution in [0, 0.1) is 5.92 Å². The van der Waals surface area contributed by atoms with Gasteiger partial charge < -0.3 is 15.0 Å². The molecule has 0 aliphatic heterocycles. The zero-order valence-electron chi connectivity index (χ0n) is 11.4. The highest BCUT2D eigenvalue weighted by Gasteiger charge is 2.26. The van der Waals surface area contributed by atoms with Crippen LogP contribution >= 0.6 is 0 Å². The highest BCUT2D eigenvalue weighted by Crippen LogP contribution is 2.25. The van der Waals surface area contributed by atoms with Gasteiger partial charge in [0.05, 0.1) is 6.54 Å². The highest BCUT2D eigenvalue weighted by molar-refractivity contribution is 5.85. The maximum atomic E-state index is 12.0. The van der Waals surface area contributed by atoms with Gasteiger partial charge in [-0.2, -0.15) is 0 Å². The van der Waals surface area contributed by atoms with Crippen LogP contribution in [0.5, 0.6) is 0 Å². The summed E-state index contributed by atoms with van der Waals surface area (Å²) in [5, 5.41) is 2.78. The Labute approximate surface area is 109 Å². The van der Waals surface area contributed by atoms with Gasteiger partial charge >= 0.3 is 0 Å². The van der Waals surface area contributed by atoms with Gasteiger partial charge in [-0.3, -0.25) is 9.59 Å². The third kappa shape index (κ3) is 5.04. The average Bonchev–Trinajstić information content (AvgIpc) is 2.87. The number of carbonyl (C=O) groups excluding carboxylic acids is 2. The van der Waals surface area contributed by atoms with Gasteiger partial charge in [0.15, 0.2) is 0 Å². The van der Waals surface area contributed by atoms with E-state index in [-0.39, 0.29) is 24.3 Å². The largest absolute Gasteiger partial charge is 0.385 e. The topological polar surface area (TPSA) is 58.6 Å². The first kappa shape index (κ1) is 15.0. The Morgan fingerprint density at radius 3 is 2.61 bits per heavy atom. The van der Waals surface area contributed by atoms with Crippen LogP contribution in [0.25, 0.3) is 0 Å². The molecule has 0 aromatic heterocycles. The Bertz CT molecular complexity index is 275. The summed E-state index contributed by atoms with van der Waals surface area (Å²) in [7, 11) is 3.34. The molecule has 1 rings (SSSR count). The quantitative estimate of drug-likeness (QED) is 0.685. The van der Waals surface area contributed by atoms with E-state index in [2.05, 4.69) is 5.32 Å². The molecule has 1 N–H and O–H groups in total. The number of hydrogen-bond donors (Lipinski definition) is 1. The first-order valence-corrected chi connectivity index (χ1v) is 6.65. The molecule has 1 aliphatic rings. The van der Waals surface area contributed by atoms with E-state index in [0.29, 0.717) is 13.2 Å². The van der Waals surface area contributed by atoms with Crippen molar-refractivity contribution in [2.75, 3.05) is 33.9 Å². The summed E-state index contributed by atoms with van der Waals surface area (Å²) in [6.07, 6.45) is 5.00. The lowest BCUT2D eigenvalue weighted by atomic mass is 10.1. The van der Waals surface area contributed by atoms with E-state index in [0.717, 1.165) is 32.1 Å². The minimum Gasteiger partial charge on any atom is -0.385 e. The number of hydrogen-bond acceptors (Lipinski definition) is 3. The maximum absolute atomic E-state index is 12.0. The van der Waals surface area contributed by atoms with Crippen molar-refractivity contribution >= 4 is 11.8 Å². The predicted octanol–water partition coefficient (Wildman–Crippen LogP) is 0.788. The lowest BCUT2D eigenvalue weighted by Gasteiger charge is -2.20. The van der Waals surface area contributed by atoms with Crippen molar-refractivity contribution in [3.05, 3.63) is 0 Å². The standard InChI is InChI=1S/C13H24N2O3/c1-15(13(17)11-6-3-4-7-11)10-12(16)14-8-5-9-18-2/h11H,3-10H2,1-2H3,(H,14,16). The smallest absolute Gasteiger partial charge is 0.239 e. The normalized spacial score (nSPS) is 15.7. The molecule has 0 aromatic rings. The second-order valence-corrected chi connectivity index (χ2v) is 4.87.